The van der Waals surface area contributed by atoms with Crippen LogP contribution in [0.2, 0.25) is 0 Å². The Balaban J connectivity index is 2.56. The maximum absolute atomic E-state index is 11.1. The lowest BCUT2D eigenvalue weighted by Gasteiger charge is -2.00. The lowest BCUT2D eigenvalue weighted by atomic mass is 10.1. The minimum atomic E-state index is -0.518. The SMILES string of the molecule is NOC(=O)c1ccc2ccccc2c1. The van der Waals surface area contributed by atoms with Gasteiger partial charge >= 0.3 is 5.97 Å². The van der Waals surface area contributed by atoms with E-state index in [1.807, 2.05) is 30.3 Å². The van der Waals surface area contributed by atoms with E-state index in [2.05, 4.69) is 4.84 Å². The second-order valence-corrected chi connectivity index (χ2v) is 2.97. The summed E-state index contributed by atoms with van der Waals surface area (Å²) in [6.45, 7) is 0. The molecule has 2 rings (SSSR count). The van der Waals surface area contributed by atoms with E-state index >= 15 is 0 Å². The van der Waals surface area contributed by atoms with E-state index < -0.39 is 5.97 Å². The van der Waals surface area contributed by atoms with E-state index in [1.165, 1.54) is 0 Å². The van der Waals surface area contributed by atoms with Gasteiger partial charge in [-0.05, 0) is 22.9 Å². The molecule has 0 saturated carbocycles. The second kappa shape index (κ2) is 3.47. The molecule has 0 unspecified atom stereocenters. The predicted octanol–water partition coefficient (Wildman–Crippen LogP) is 1.87. The first-order valence-electron chi connectivity index (χ1n) is 4.21. The van der Waals surface area contributed by atoms with Gasteiger partial charge in [-0.1, -0.05) is 30.3 Å². The molecular formula is C11H9NO2. The minimum absolute atomic E-state index is 0.464. The van der Waals surface area contributed by atoms with Crippen molar-refractivity contribution in [1.82, 2.24) is 0 Å². The maximum atomic E-state index is 11.1. The Morgan fingerprint density at radius 3 is 2.50 bits per heavy atom. The van der Waals surface area contributed by atoms with Crippen molar-refractivity contribution in [1.29, 1.82) is 0 Å². The lowest BCUT2D eigenvalue weighted by molar-refractivity contribution is 0.0503. The van der Waals surface area contributed by atoms with Crippen molar-refractivity contribution < 1.29 is 9.63 Å². The third-order valence-electron chi connectivity index (χ3n) is 2.09. The summed E-state index contributed by atoms with van der Waals surface area (Å²) in [7, 11) is 0. The van der Waals surface area contributed by atoms with Gasteiger partial charge in [0.05, 0.1) is 5.56 Å². The van der Waals surface area contributed by atoms with Crippen LogP contribution >= 0.6 is 0 Å². The predicted molar refractivity (Wildman–Crippen MR) is 53.6 cm³/mol. The van der Waals surface area contributed by atoms with Crippen LogP contribution in [0.3, 0.4) is 0 Å². The first-order chi connectivity index (χ1) is 6.81. The van der Waals surface area contributed by atoms with Gasteiger partial charge < -0.3 is 4.84 Å². The third kappa shape index (κ3) is 1.45. The zero-order valence-corrected chi connectivity index (χ0v) is 7.44. The maximum Gasteiger partial charge on any atom is 0.356 e. The Morgan fingerprint density at radius 2 is 1.79 bits per heavy atom. The molecule has 0 radical (unpaired) electrons. The summed E-state index contributed by atoms with van der Waals surface area (Å²) in [6, 6.07) is 13.1. The highest BCUT2D eigenvalue weighted by Crippen LogP contribution is 2.15. The molecule has 2 N–H and O–H groups in total. The molecule has 0 saturated heterocycles. The molecule has 0 heterocycles. The van der Waals surface area contributed by atoms with Gasteiger partial charge in [0.2, 0.25) is 0 Å². The molecule has 0 aliphatic carbocycles. The van der Waals surface area contributed by atoms with Crippen molar-refractivity contribution in [3.63, 3.8) is 0 Å². The highest BCUT2D eigenvalue weighted by atomic mass is 16.7. The molecule has 0 aromatic heterocycles. The van der Waals surface area contributed by atoms with Gasteiger partial charge in [-0.15, -0.1) is 0 Å². The lowest BCUT2D eigenvalue weighted by Crippen LogP contribution is -2.09. The number of carbonyl (C=O) groups is 1. The molecule has 0 fully saturated rings. The fraction of sp³-hybridized carbons (Fsp3) is 0. The first kappa shape index (κ1) is 8.72. The number of benzene rings is 2. The van der Waals surface area contributed by atoms with Gasteiger partial charge in [-0.3, -0.25) is 0 Å². The quantitative estimate of drug-likeness (QED) is 0.693. The molecule has 70 valence electrons. The Hall–Kier alpha value is -1.87. The minimum Gasteiger partial charge on any atom is -0.370 e. The summed E-state index contributed by atoms with van der Waals surface area (Å²) in [5.74, 6) is 4.28. The van der Waals surface area contributed by atoms with Gasteiger partial charge in [-0.2, -0.15) is 5.90 Å². The van der Waals surface area contributed by atoms with Gasteiger partial charge in [-0.25, -0.2) is 4.79 Å². The molecule has 3 nitrogen and oxygen atoms in total. The summed E-state index contributed by atoms with van der Waals surface area (Å²) in [5.41, 5.74) is 0.464. The zero-order chi connectivity index (χ0) is 9.97. The van der Waals surface area contributed by atoms with Crippen LogP contribution in [0.15, 0.2) is 42.5 Å². The van der Waals surface area contributed by atoms with Crippen LogP contribution in [-0.4, -0.2) is 5.97 Å². The number of nitrogens with two attached hydrogens (primary N) is 1. The zero-order valence-electron chi connectivity index (χ0n) is 7.44. The van der Waals surface area contributed by atoms with Crippen LogP contribution < -0.4 is 5.90 Å². The van der Waals surface area contributed by atoms with Crippen molar-refractivity contribution >= 4 is 16.7 Å². The summed E-state index contributed by atoms with van der Waals surface area (Å²) in [5, 5.41) is 2.08. The largest absolute Gasteiger partial charge is 0.370 e. The van der Waals surface area contributed by atoms with Gasteiger partial charge in [0.1, 0.15) is 0 Å². The highest BCUT2D eigenvalue weighted by molar-refractivity contribution is 5.95. The molecule has 0 aliphatic rings. The number of hydrogen-bond acceptors (Lipinski definition) is 3. The number of rotatable bonds is 1. The number of hydrogen-bond donors (Lipinski definition) is 1. The molecule has 2 aromatic rings. The summed E-state index contributed by atoms with van der Waals surface area (Å²) < 4.78 is 0. The molecule has 0 aliphatic heterocycles. The molecule has 14 heavy (non-hydrogen) atoms. The highest BCUT2D eigenvalue weighted by Gasteiger charge is 2.05. The van der Waals surface area contributed by atoms with Crippen LogP contribution in [0, 0.1) is 0 Å². The van der Waals surface area contributed by atoms with Crippen LogP contribution in [-0.2, 0) is 4.84 Å². The van der Waals surface area contributed by atoms with E-state index in [1.54, 1.807) is 12.1 Å². The average Bonchev–Trinajstić information content (AvgIpc) is 2.27. The monoisotopic (exact) mass is 187 g/mol. The summed E-state index contributed by atoms with van der Waals surface area (Å²) in [4.78, 5) is 15.3. The van der Waals surface area contributed by atoms with Crippen LogP contribution in [0.5, 0.6) is 0 Å². The van der Waals surface area contributed by atoms with E-state index in [9.17, 15) is 4.79 Å². The molecule has 0 atom stereocenters. The Bertz CT molecular complexity index is 479. The van der Waals surface area contributed by atoms with E-state index in [0.717, 1.165) is 10.8 Å². The third-order valence-corrected chi connectivity index (χ3v) is 2.09. The van der Waals surface area contributed by atoms with Crippen molar-refractivity contribution in [2.75, 3.05) is 0 Å². The fourth-order valence-corrected chi connectivity index (χ4v) is 1.38. The molecular weight excluding hydrogens is 178 g/mol. The fourth-order valence-electron chi connectivity index (χ4n) is 1.38. The van der Waals surface area contributed by atoms with E-state index in [4.69, 9.17) is 5.90 Å². The molecule has 0 amide bonds. The summed E-state index contributed by atoms with van der Waals surface area (Å²) >= 11 is 0. The Morgan fingerprint density at radius 1 is 1.07 bits per heavy atom. The van der Waals surface area contributed by atoms with E-state index in [0.29, 0.717) is 5.56 Å². The molecule has 2 aromatic carbocycles. The molecule has 0 bridgehead atoms. The average molecular weight is 187 g/mol. The molecule has 0 spiro atoms. The normalized spacial score (nSPS) is 10.1. The van der Waals surface area contributed by atoms with Crippen LogP contribution in [0.1, 0.15) is 10.4 Å². The Kier molecular flexibility index (Phi) is 2.16. The van der Waals surface area contributed by atoms with Crippen molar-refractivity contribution in [3.05, 3.63) is 48.0 Å². The topological polar surface area (TPSA) is 52.3 Å². The second-order valence-electron chi connectivity index (χ2n) is 2.97. The standard InChI is InChI=1S/C11H9NO2/c12-14-11(13)10-6-5-8-3-1-2-4-9(8)7-10/h1-7H,12H2. The van der Waals surface area contributed by atoms with Crippen molar-refractivity contribution in [2.45, 2.75) is 0 Å². The van der Waals surface area contributed by atoms with Gasteiger partial charge in [0.15, 0.2) is 0 Å². The smallest absolute Gasteiger partial charge is 0.356 e. The first-order valence-corrected chi connectivity index (χ1v) is 4.21. The van der Waals surface area contributed by atoms with Gasteiger partial charge in [0, 0.05) is 0 Å². The van der Waals surface area contributed by atoms with Gasteiger partial charge in [0.25, 0.3) is 0 Å². The van der Waals surface area contributed by atoms with E-state index in [-0.39, 0.29) is 0 Å². The van der Waals surface area contributed by atoms with Crippen molar-refractivity contribution in [2.24, 2.45) is 5.90 Å². The number of fused-ring (bicyclic) bond motifs is 1. The van der Waals surface area contributed by atoms with Crippen molar-refractivity contribution in [3.8, 4) is 0 Å². The summed E-state index contributed by atoms with van der Waals surface area (Å²) in [6.07, 6.45) is 0. The van der Waals surface area contributed by atoms with Crippen LogP contribution in [0.25, 0.3) is 10.8 Å². The number of carbonyl (C=O) groups excluding carboxylic acids is 1. The Labute approximate surface area is 81.0 Å². The van der Waals surface area contributed by atoms with Crippen LogP contribution in [0.4, 0.5) is 0 Å². The molecule has 3 heteroatoms.